The van der Waals surface area contributed by atoms with Gasteiger partial charge in [-0.3, -0.25) is 0 Å². The smallest absolute Gasteiger partial charge is 0.140 e. The Bertz CT molecular complexity index is 316. The summed E-state index contributed by atoms with van der Waals surface area (Å²) in [5, 5.41) is 3.40. The van der Waals surface area contributed by atoms with E-state index in [0.717, 1.165) is 29.6 Å². The molecule has 1 saturated carbocycles. The van der Waals surface area contributed by atoms with Crippen LogP contribution in [0.5, 0.6) is 0 Å². The third-order valence-electron chi connectivity index (χ3n) is 2.57. The topological polar surface area (TPSA) is 50.9 Å². The number of pyridine rings is 1. The van der Waals surface area contributed by atoms with Gasteiger partial charge in [-0.05, 0) is 47.3 Å². The monoisotopic (exact) mass is 255 g/mol. The quantitative estimate of drug-likeness (QED) is 0.852. The lowest BCUT2D eigenvalue weighted by Gasteiger charge is -2.13. The number of halogens is 1. The first-order chi connectivity index (χ1) is 6.75. The molecule has 1 aliphatic rings. The highest BCUT2D eigenvalue weighted by Gasteiger charge is 2.22. The number of hydrogen-bond donors (Lipinski definition) is 2. The molecule has 1 aromatic heterocycles. The van der Waals surface area contributed by atoms with Gasteiger partial charge >= 0.3 is 0 Å². The highest BCUT2D eigenvalue weighted by Crippen LogP contribution is 2.24. The van der Waals surface area contributed by atoms with Gasteiger partial charge in [0.25, 0.3) is 0 Å². The average Bonchev–Trinajstić information content (AvgIpc) is 2.56. The second-order valence-corrected chi connectivity index (χ2v) is 4.60. The van der Waals surface area contributed by atoms with Crippen LogP contribution in [0.15, 0.2) is 22.8 Å². The number of nitrogens with zero attached hydrogens (tertiary/aromatic N) is 1. The average molecular weight is 256 g/mol. The second kappa shape index (κ2) is 4.28. The molecule has 14 heavy (non-hydrogen) atoms. The molecule has 0 spiro atoms. The van der Waals surface area contributed by atoms with E-state index in [4.69, 9.17) is 5.73 Å². The maximum atomic E-state index is 5.84. The molecule has 0 amide bonds. The second-order valence-electron chi connectivity index (χ2n) is 3.75. The van der Waals surface area contributed by atoms with E-state index in [9.17, 15) is 0 Å². The zero-order valence-corrected chi connectivity index (χ0v) is 9.50. The summed E-state index contributed by atoms with van der Waals surface area (Å²) in [6.07, 6.45) is 5.09. The van der Waals surface area contributed by atoms with E-state index in [2.05, 4.69) is 26.2 Å². The Balaban J connectivity index is 2.01. The van der Waals surface area contributed by atoms with Crippen molar-refractivity contribution in [3.05, 3.63) is 22.8 Å². The number of nitrogens with one attached hydrogen (secondary N) is 1. The van der Waals surface area contributed by atoms with Gasteiger partial charge in [0.1, 0.15) is 5.82 Å². The molecule has 2 atom stereocenters. The number of hydrogen-bond acceptors (Lipinski definition) is 3. The van der Waals surface area contributed by atoms with Crippen LogP contribution < -0.4 is 11.1 Å². The maximum absolute atomic E-state index is 5.84. The van der Waals surface area contributed by atoms with E-state index in [1.807, 2.05) is 12.1 Å². The minimum atomic E-state index is 0.356. The number of rotatable bonds is 2. The van der Waals surface area contributed by atoms with Crippen molar-refractivity contribution >= 4 is 21.7 Å². The van der Waals surface area contributed by atoms with Gasteiger partial charge in [-0.2, -0.15) is 0 Å². The number of aromatic nitrogens is 1. The molecule has 1 aliphatic carbocycles. The Hall–Kier alpha value is -0.610. The molecule has 0 aliphatic heterocycles. The van der Waals surface area contributed by atoms with Crippen LogP contribution in [0.4, 0.5) is 5.82 Å². The molecule has 1 fully saturated rings. The third-order valence-corrected chi connectivity index (χ3v) is 3.21. The molecular formula is C10H14BrN3. The predicted octanol–water partition coefficient (Wildman–Crippen LogP) is 2.14. The van der Waals surface area contributed by atoms with Gasteiger partial charge in [0.05, 0.1) is 4.47 Å². The van der Waals surface area contributed by atoms with Crippen LogP contribution in [0.2, 0.25) is 0 Å². The summed E-state index contributed by atoms with van der Waals surface area (Å²) >= 11 is 3.46. The normalized spacial score (nSPS) is 26.4. The molecular weight excluding hydrogens is 242 g/mol. The van der Waals surface area contributed by atoms with Crippen LogP contribution in [0, 0.1) is 0 Å². The minimum Gasteiger partial charge on any atom is -0.366 e. The van der Waals surface area contributed by atoms with E-state index in [0.29, 0.717) is 12.1 Å². The minimum absolute atomic E-state index is 0.356. The molecule has 0 radical (unpaired) electrons. The first-order valence-electron chi connectivity index (χ1n) is 4.88. The van der Waals surface area contributed by atoms with E-state index >= 15 is 0 Å². The van der Waals surface area contributed by atoms with Crippen molar-refractivity contribution in [2.24, 2.45) is 5.73 Å². The fourth-order valence-electron chi connectivity index (χ4n) is 1.83. The SMILES string of the molecule is NC1CCC(Nc2ncccc2Br)C1. The highest BCUT2D eigenvalue weighted by molar-refractivity contribution is 9.10. The van der Waals surface area contributed by atoms with Gasteiger partial charge in [-0.25, -0.2) is 4.98 Å². The number of nitrogens with two attached hydrogens (primary N) is 1. The Morgan fingerprint density at radius 1 is 1.50 bits per heavy atom. The van der Waals surface area contributed by atoms with Gasteiger partial charge in [0.2, 0.25) is 0 Å². The molecule has 1 heterocycles. The molecule has 4 heteroatoms. The summed E-state index contributed by atoms with van der Waals surface area (Å²) in [7, 11) is 0. The van der Waals surface area contributed by atoms with Crippen molar-refractivity contribution in [1.29, 1.82) is 0 Å². The maximum Gasteiger partial charge on any atom is 0.140 e. The molecule has 3 N–H and O–H groups in total. The predicted molar refractivity (Wildman–Crippen MR) is 61.2 cm³/mol. The zero-order chi connectivity index (χ0) is 9.97. The summed E-state index contributed by atoms with van der Waals surface area (Å²) in [4.78, 5) is 4.27. The van der Waals surface area contributed by atoms with Gasteiger partial charge in [0.15, 0.2) is 0 Å². The van der Waals surface area contributed by atoms with Crippen molar-refractivity contribution in [3.63, 3.8) is 0 Å². The first-order valence-corrected chi connectivity index (χ1v) is 5.67. The van der Waals surface area contributed by atoms with Crippen molar-refractivity contribution in [2.45, 2.75) is 31.3 Å². The highest BCUT2D eigenvalue weighted by atomic mass is 79.9. The van der Waals surface area contributed by atoms with Gasteiger partial charge in [0, 0.05) is 18.3 Å². The Morgan fingerprint density at radius 2 is 2.36 bits per heavy atom. The van der Waals surface area contributed by atoms with Gasteiger partial charge in [-0.1, -0.05) is 0 Å². The summed E-state index contributed by atoms with van der Waals surface area (Å²) in [6.45, 7) is 0. The lowest BCUT2D eigenvalue weighted by Crippen LogP contribution is -2.21. The van der Waals surface area contributed by atoms with Gasteiger partial charge < -0.3 is 11.1 Å². The lowest BCUT2D eigenvalue weighted by atomic mass is 10.2. The summed E-state index contributed by atoms with van der Waals surface area (Å²) in [6, 6.07) is 4.74. The number of anilines is 1. The molecule has 0 saturated heterocycles. The van der Waals surface area contributed by atoms with E-state index < -0.39 is 0 Å². The molecule has 2 unspecified atom stereocenters. The fraction of sp³-hybridized carbons (Fsp3) is 0.500. The standard InChI is InChI=1S/C10H14BrN3/c11-9-2-1-5-13-10(9)14-8-4-3-7(12)6-8/h1-2,5,7-8H,3-4,6,12H2,(H,13,14). The molecule has 76 valence electrons. The lowest BCUT2D eigenvalue weighted by molar-refractivity contribution is 0.686. The molecule has 3 nitrogen and oxygen atoms in total. The van der Waals surface area contributed by atoms with Crippen molar-refractivity contribution in [1.82, 2.24) is 4.98 Å². The van der Waals surface area contributed by atoms with Crippen LogP contribution in [-0.4, -0.2) is 17.1 Å². The van der Waals surface area contributed by atoms with Crippen LogP contribution in [0.1, 0.15) is 19.3 Å². The zero-order valence-electron chi connectivity index (χ0n) is 7.91. The van der Waals surface area contributed by atoms with E-state index in [-0.39, 0.29) is 0 Å². The Kier molecular flexibility index (Phi) is 3.03. The van der Waals surface area contributed by atoms with Crippen molar-refractivity contribution in [2.75, 3.05) is 5.32 Å². The van der Waals surface area contributed by atoms with Crippen molar-refractivity contribution < 1.29 is 0 Å². The van der Waals surface area contributed by atoms with E-state index in [1.54, 1.807) is 6.20 Å². The first kappa shape index (κ1) is 9.93. The Morgan fingerprint density at radius 3 is 3.00 bits per heavy atom. The summed E-state index contributed by atoms with van der Waals surface area (Å²) in [5.41, 5.74) is 5.84. The van der Waals surface area contributed by atoms with Crippen LogP contribution in [0.3, 0.4) is 0 Å². The van der Waals surface area contributed by atoms with Crippen LogP contribution in [-0.2, 0) is 0 Å². The molecule has 2 rings (SSSR count). The molecule has 0 bridgehead atoms. The Labute approximate surface area is 92.2 Å². The van der Waals surface area contributed by atoms with Crippen molar-refractivity contribution in [3.8, 4) is 0 Å². The fourth-order valence-corrected chi connectivity index (χ4v) is 2.20. The third kappa shape index (κ3) is 2.25. The molecule has 0 aromatic carbocycles. The largest absolute Gasteiger partial charge is 0.366 e. The molecule has 1 aromatic rings. The van der Waals surface area contributed by atoms with Gasteiger partial charge in [-0.15, -0.1) is 0 Å². The van der Waals surface area contributed by atoms with E-state index in [1.165, 1.54) is 0 Å². The summed E-state index contributed by atoms with van der Waals surface area (Å²) in [5.74, 6) is 0.923. The van der Waals surface area contributed by atoms with Crippen LogP contribution in [0.25, 0.3) is 0 Å². The summed E-state index contributed by atoms with van der Waals surface area (Å²) < 4.78 is 1.01. The van der Waals surface area contributed by atoms with Crippen LogP contribution >= 0.6 is 15.9 Å².